The number of carbonyl (C=O) groups is 1. The maximum Gasteiger partial charge on any atom is 0.266 e. The molecule has 1 aromatic heterocycles. The van der Waals surface area contributed by atoms with E-state index >= 15 is 0 Å². The minimum atomic E-state index is -0.495. The molecule has 0 fully saturated rings. The van der Waals surface area contributed by atoms with Crippen LogP contribution in [0.2, 0.25) is 5.02 Å². The first-order chi connectivity index (χ1) is 9.20. The predicted octanol–water partition coefficient (Wildman–Crippen LogP) is 3.21. The number of rotatable bonds is 3. The van der Waals surface area contributed by atoms with Crippen molar-refractivity contribution in [2.24, 2.45) is 0 Å². The van der Waals surface area contributed by atoms with Crippen LogP contribution in [0, 0.1) is 11.3 Å². The number of amides is 1. The Kier molecular flexibility index (Phi) is 4.01. The molecule has 1 heterocycles. The van der Waals surface area contributed by atoms with Crippen molar-refractivity contribution in [1.29, 1.82) is 5.26 Å². The lowest BCUT2D eigenvalue weighted by atomic mass is 10.2. The lowest BCUT2D eigenvalue weighted by Crippen LogP contribution is -2.13. The first kappa shape index (κ1) is 12.9. The number of aromatic amines is 1. The molecule has 0 radical (unpaired) electrons. The third kappa shape index (κ3) is 3.24. The van der Waals surface area contributed by atoms with E-state index in [9.17, 15) is 4.79 Å². The standard InChI is InChI=1S/C14H10ClN3O/c15-12-5-1-2-6-13(12)18-14(19)10(9-16)8-11-4-3-7-17-11/h1-8,17H,(H,18,19)/b10-8+. The molecule has 4 nitrogen and oxygen atoms in total. The normalized spacial score (nSPS) is 10.8. The van der Waals surface area contributed by atoms with E-state index in [1.165, 1.54) is 6.08 Å². The molecule has 19 heavy (non-hydrogen) atoms. The highest BCUT2D eigenvalue weighted by Crippen LogP contribution is 2.21. The molecule has 0 saturated carbocycles. The van der Waals surface area contributed by atoms with Crippen LogP contribution in [-0.2, 0) is 4.79 Å². The summed E-state index contributed by atoms with van der Waals surface area (Å²) in [6.45, 7) is 0. The van der Waals surface area contributed by atoms with Crippen LogP contribution < -0.4 is 5.32 Å². The number of nitrogens with zero attached hydrogens (tertiary/aromatic N) is 1. The van der Waals surface area contributed by atoms with E-state index in [1.54, 1.807) is 42.6 Å². The molecule has 0 unspecified atom stereocenters. The predicted molar refractivity (Wildman–Crippen MR) is 74.5 cm³/mol. The molecular formula is C14H10ClN3O. The van der Waals surface area contributed by atoms with Crippen LogP contribution in [0.3, 0.4) is 0 Å². The summed E-state index contributed by atoms with van der Waals surface area (Å²) in [5.74, 6) is -0.495. The molecule has 0 aliphatic rings. The number of para-hydroxylation sites is 1. The smallest absolute Gasteiger partial charge is 0.266 e. The van der Waals surface area contributed by atoms with Crippen LogP contribution >= 0.6 is 11.6 Å². The molecule has 2 aromatic rings. The van der Waals surface area contributed by atoms with Gasteiger partial charge in [0.05, 0.1) is 10.7 Å². The number of H-pyrrole nitrogens is 1. The zero-order valence-corrected chi connectivity index (χ0v) is 10.6. The molecule has 0 atom stereocenters. The van der Waals surface area contributed by atoms with Crippen LogP contribution in [0.5, 0.6) is 0 Å². The molecule has 2 N–H and O–H groups in total. The molecular weight excluding hydrogens is 262 g/mol. The zero-order chi connectivity index (χ0) is 13.7. The van der Waals surface area contributed by atoms with Crippen LogP contribution in [0.1, 0.15) is 5.69 Å². The lowest BCUT2D eigenvalue weighted by Gasteiger charge is -2.05. The quantitative estimate of drug-likeness (QED) is 0.665. The van der Waals surface area contributed by atoms with Gasteiger partial charge in [-0.2, -0.15) is 5.26 Å². The van der Waals surface area contributed by atoms with E-state index in [2.05, 4.69) is 10.3 Å². The van der Waals surface area contributed by atoms with Gasteiger partial charge in [0.25, 0.3) is 5.91 Å². The summed E-state index contributed by atoms with van der Waals surface area (Å²) in [7, 11) is 0. The van der Waals surface area contributed by atoms with Crippen molar-refractivity contribution in [3.05, 3.63) is 58.9 Å². The van der Waals surface area contributed by atoms with Crippen LogP contribution in [0.15, 0.2) is 48.2 Å². The highest BCUT2D eigenvalue weighted by Gasteiger charge is 2.11. The Morgan fingerprint density at radius 1 is 1.32 bits per heavy atom. The molecule has 2 rings (SSSR count). The van der Waals surface area contributed by atoms with Crippen molar-refractivity contribution in [3.8, 4) is 6.07 Å². The Bertz CT molecular complexity index is 654. The van der Waals surface area contributed by atoms with Crippen molar-refractivity contribution < 1.29 is 4.79 Å². The largest absolute Gasteiger partial charge is 0.362 e. The number of hydrogen-bond donors (Lipinski definition) is 2. The van der Waals surface area contributed by atoms with Gasteiger partial charge in [-0.1, -0.05) is 23.7 Å². The fraction of sp³-hybridized carbons (Fsp3) is 0. The maximum atomic E-state index is 11.9. The second kappa shape index (κ2) is 5.89. The van der Waals surface area contributed by atoms with Gasteiger partial charge in [-0.05, 0) is 30.3 Å². The van der Waals surface area contributed by atoms with E-state index in [4.69, 9.17) is 16.9 Å². The van der Waals surface area contributed by atoms with Crippen molar-refractivity contribution in [2.45, 2.75) is 0 Å². The first-order valence-corrected chi connectivity index (χ1v) is 5.89. The van der Waals surface area contributed by atoms with Gasteiger partial charge in [0.2, 0.25) is 0 Å². The third-order valence-corrected chi connectivity index (χ3v) is 2.74. The molecule has 0 saturated heterocycles. The summed E-state index contributed by atoms with van der Waals surface area (Å²) < 4.78 is 0. The summed E-state index contributed by atoms with van der Waals surface area (Å²) in [6, 6.07) is 12.3. The van der Waals surface area contributed by atoms with Crippen molar-refractivity contribution in [3.63, 3.8) is 0 Å². The summed E-state index contributed by atoms with van der Waals surface area (Å²) in [6.07, 6.45) is 3.19. The Morgan fingerprint density at radius 2 is 2.11 bits per heavy atom. The second-order valence-corrected chi connectivity index (χ2v) is 4.14. The lowest BCUT2D eigenvalue weighted by molar-refractivity contribution is -0.112. The minimum absolute atomic E-state index is 0.00219. The monoisotopic (exact) mass is 271 g/mol. The van der Waals surface area contributed by atoms with Crippen molar-refractivity contribution >= 4 is 29.3 Å². The number of benzene rings is 1. The van der Waals surface area contributed by atoms with Gasteiger partial charge in [0.1, 0.15) is 11.6 Å². The fourth-order valence-corrected chi connectivity index (χ4v) is 1.67. The summed E-state index contributed by atoms with van der Waals surface area (Å²) in [4.78, 5) is 14.8. The van der Waals surface area contributed by atoms with E-state index in [0.717, 1.165) is 0 Å². The Balaban J connectivity index is 2.19. The number of halogens is 1. The van der Waals surface area contributed by atoms with E-state index in [1.807, 2.05) is 6.07 Å². The molecule has 0 aliphatic heterocycles. The van der Waals surface area contributed by atoms with E-state index in [0.29, 0.717) is 16.4 Å². The average Bonchev–Trinajstić information content (AvgIpc) is 2.91. The number of anilines is 1. The molecule has 1 amide bonds. The van der Waals surface area contributed by atoms with Crippen LogP contribution in [0.4, 0.5) is 5.69 Å². The number of nitriles is 1. The number of carbonyl (C=O) groups excluding carboxylic acids is 1. The van der Waals surface area contributed by atoms with E-state index in [-0.39, 0.29) is 5.57 Å². The van der Waals surface area contributed by atoms with Gasteiger partial charge in [-0.25, -0.2) is 0 Å². The topological polar surface area (TPSA) is 68.7 Å². The number of nitrogens with one attached hydrogen (secondary N) is 2. The molecule has 0 bridgehead atoms. The summed E-state index contributed by atoms with van der Waals surface area (Å²) in [5.41, 5.74) is 1.16. The maximum absolute atomic E-state index is 11.9. The van der Waals surface area contributed by atoms with Gasteiger partial charge >= 0.3 is 0 Å². The first-order valence-electron chi connectivity index (χ1n) is 5.52. The van der Waals surface area contributed by atoms with Gasteiger partial charge in [0, 0.05) is 11.9 Å². The second-order valence-electron chi connectivity index (χ2n) is 3.73. The van der Waals surface area contributed by atoms with E-state index < -0.39 is 5.91 Å². The average molecular weight is 272 g/mol. The van der Waals surface area contributed by atoms with Crippen molar-refractivity contribution in [2.75, 3.05) is 5.32 Å². The molecule has 94 valence electrons. The highest BCUT2D eigenvalue weighted by molar-refractivity contribution is 6.34. The van der Waals surface area contributed by atoms with Crippen LogP contribution in [-0.4, -0.2) is 10.9 Å². The number of hydrogen-bond acceptors (Lipinski definition) is 2. The van der Waals surface area contributed by atoms with Gasteiger partial charge in [0.15, 0.2) is 0 Å². The van der Waals surface area contributed by atoms with Crippen LogP contribution in [0.25, 0.3) is 6.08 Å². The molecule has 5 heteroatoms. The highest BCUT2D eigenvalue weighted by atomic mass is 35.5. The third-order valence-electron chi connectivity index (χ3n) is 2.41. The summed E-state index contributed by atoms with van der Waals surface area (Å²) in [5, 5.41) is 12.0. The Morgan fingerprint density at radius 3 is 2.74 bits per heavy atom. The van der Waals surface area contributed by atoms with Gasteiger partial charge in [-0.3, -0.25) is 4.79 Å². The molecule has 0 aliphatic carbocycles. The fourth-order valence-electron chi connectivity index (χ4n) is 1.49. The number of aromatic nitrogens is 1. The SMILES string of the molecule is N#C/C(=C\c1ccc[nH]1)C(=O)Nc1ccccc1Cl. The molecule has 0 spiro atoms. The van der Waals surface area contributed by atoms with Gasteiger partial charge < -0.3 is 10.3 Å². The van der Waals surface area contributed by atoms with Crippen molar-refractivity contribution in [1.82, 2.24) is 4.98 Å². The molecule has 1 aromatic carbocycles. The zero-order valence-electron chi connectivity index (χ0n) is 9.85. The Hall–Kier alpha value is -2.51. The van der Waals surface area contributed by atoms with Gasteiger partial charge in [-0.15, -0.1) is 0 Å². The minimum Gasteiger partial charge on any atom is -0.362 e. The summed E-state index contributed by atoms with van der Waals surface area (Å²) >= 11 is 5.94. The Labute approximate surface area is 115 Å².